The summed E-state index contributed by atoms with van der Waals surface area (Å²) in [5, 5.41) is 0. The molecule has 0 spiro atoms. The standard InChI is InChI=1S/C36H46N2/c1-22(2)24-13-11-14-25(23(3)4)32(24)37-21-38-31-20-28-27(34(5,6)17-18-35(28,7)8)19-29(31)36(9,10)26-15-12-16-30(37)33(26)38/h11-16,19-20,22-23H,17-18,21H2,1-10H3. The van der Waals surface area contributed by atoms with Crippen molar-refractivity contribution in [3.63, 3.8) is 0 Å². The highest BCUT2D eigenvalue weighted by atomic mass is 15.4. The zero-order valence-electron chi connectivity index (χ0n) is 25.3. The second-order valence-corrected chi connectivity index (χ2v) is 14.6. The number of rotatable bonds is 3. The number of hydrogen-bond donors (Lipinski definition) is 0. The number of hydrogen-bond acceptors (Lipinski definition) is 2. The molecule has 0 saturated carbocycles. The number of benzene rings is 3. The van der Waals surface area contributed by atoms with E-state index >= 15 is 0 Å². The van der Waals surface area contributed by atoms with Crippen molar-refractivity contribution >= 4 is 22.7 Å². The second-order valence-electron chi connectivity index (χ2n) is 14.6. The molecule has 3 aromatic rings. The normalized spacial score (nSPS) is 20.0. The molecule has 0 radical (unpaired) electrons. The Kier molecular flexibility index (Phi) is 5.47. The lowest BCUT2D eigenvalue weighted by Crippen LogP contribution is -2.38. The molecule has 0 aromatic heterocycles. The first-order valence-corrected chi connectivity index (χ1v) is 14.8. The van der Waals surface area contributed by atoms with Gasteiger partial charge in [0.2, 0.25) is 0 Å². The van der Waals surface area contributed by atoms with E-state index in [-0.39, 0.29) is 16.2 Å². The maximum atomic E-state index is 2.64. The summed E-state index contributed by atoms with van der Waals surface area (Å²) in [7, 11) is 0. The van der Waals surface area contributed by atoms with E-state index in [2.05, 4.69) is 128 Å². The quantitative estimate of drug-likeness (QED) is 0.349. The molecular weight excluding hydrogens is 460 g/mol. The molecular formula is C36H46N2. The van der Waals surface area contributed by atoms with Crippen molar-refractivity contribution in [3.05, 3.63) is 81.9 Å². The van der Waals surface area contributed by atoms with Crippen LogP contribution in [0.1, 0.15) is 127 Å². The molecule has 1 aliphatic carbocycles. The second kappa shape index (κ2) is 8.13. The van der Waals surface area contributed by atoms with Gasteiger partial charge in [0, 0.05) is 16.8 Å². The predicted octanol–water partition coefficient (Wildman–Crippen LogP) is 10.2. The Hall–Kier alpha value is -2.74. The molecule has 0 N–H and O–H groups in total. The third kappa shape index (κ3) is 3.44. The van der Waals surface area contributed by atoms with Gasteiger partial charge in [0.15, 0.2) is 0 Å². The van der Waals surface area contributed by atoms with Crippen LogP contribution in [0.15, 0.2) is 48.5 Å². The highest BCUT2D eigenvalue weighted by Gasteiger charge is 2.46. The summed E-state index contributed by atoms with van der Waals surface area (Å²) >= 11 is 0. The van der Waals surface area contributed by atoms with E-state index in [0.29, 0.717) is 11.8 Å². The summed E-state index contributed by atoms with van der Waals surface area (Å²) in [5.74, 6) is 0.932. The molecule has 2 nitrogen and oxygen atoms in total. The Bertz CT molecular complexity index is 1410. The van der Waals surface area contributed by atoms with Gasteiger partial charge in [0.05, 0.1) is 11.4 Å². The SMILES string of the molecule is CC(C)c1cccc(C(C)C)c1N1CN2c3cc4c(cc3C(C)(C)c3cccc1c32)C(C)(C)CCC4(C)C. The molecule has 3 aromatic carbocycles. The van der Waals surface area contributed by atoms with Gasteiger partial charge in [-0.25, -0.2) is 0 Å². The van der Waals surface area contributed by atoms with E-state index in [0.717, 1.165) is 6.67 Å². The Labute approximate surface area is 231 Å². The molecule has 2 heteroatoms. The average Bonchev–Trinajstić information content (AvgIpc) is 3.24. The lowest BCUT2D eigenvalue weighted by Gasteiger charge is -2.46. The molecule has 38 heavy (non-hydrogen) atoms. The fourth-order valence-corrected chi connectivity index (χ4v) is 7.51. The van der Waals surface area contributed by atoms with Crippen LogP contribution in [0, 0.1) is 0 Å². The number of para-hydroxylation sites is 2. The van der Waals surface area contributed by atoms with Crippen LogP contribution >= 0.6 is 0 Å². The Morgan fingerprint density at radius 1 is 0.579 bits per heavy atom. The van der Waals surface area contributed by atoms with Gasteiger partial charge in [-0.05, 0) is 81.0 Å². The van der Waals surface area contributed by atoms with Crippen LogP contribution in [0.4, 0.5) is 22.7 Å². The van der Waals surface area contributed by atoms with Crippen LogP contribution in [0.5, 0.6) is 0 Å². The molecule has 3 aliphatic rings. The molecule has 0 atom stereocenters. The summed E-state index contributed by atoms with van der Waals surface area (Å²) in [6.45, 7) is 24.9. The van der Waals surface area contributed by atoms with Crippen LogP contribution in [0.2, 0.25) is 0 Å². The molecule has 0 amide bonds. The van der Waals surface area contributed by atoms with Crippen LogP contribution in [-0.4, -0.2) is 6.67 Å². The fourth-order valence-electron chi connectivity index (χ4n) is 7.51. The minimum Gasteiger partial charge on any atom is -0.320 e. The Balaban J connectivity index is 1.62. The maximum absolute atomic E-state index is 2.64. The van der Waals surface area contributed by atoms with Gasteiger partial charge in [-0.15, -0.1) is 0 Å². The minimum atomic E-state index is -0.0572. The Morgan fingerprint density at radius 2 is 1.11 bits per heavy atom. The molecule has 0 unspecified atom stereocenters. The van der Waals surface area contributed by atoms with E-state index < -0.39 is 0 Å². The lowest BCUT2D eigenvalue weighted by molar-refractivity contribution is 0.331. The zero-order chi connectivity index (χ0) is 27.4. The van der Waals surface area contributed by atoms with Gasteiger partial charge in [-0.3, -0.25) is 0 Å². The van der Waals surface area contributed by atoms with Crippen molar-refractivity contribution in [1.82, 2.24) is 0 Å². The number of fused-ring (bicyclic) bond motifs is 3. The summed E-state index contributed by atoms with van der Waals surface area (Å²) < 4.78 is 0. The topological polar surface area (TPSA) is 6.48 Å². The zero-order valence-corrected chi connectivity index (χ0v) is 25.3. The minimum absolute atomic E-state index is 0.0572. The van der Waals surface area contributed by atoms with Crippen molar-refractivity contribution in [2.45, 2.75) is 110 Å². The number of nitrogens with zero attached hydrogens (tertiary/aromatic N) is 2. The predicted molar refractivity (Wildman–Crippen MR) is 164 cm³/mol. The third-order valence-corrected chi connectivity index (χ3v) is 10.1. The lowest BCUT2D eigenvalue weighted by atomic mass is 9.61. The molecule has 0 bridgehead atoms. The highest BCUT2D eigenvalue weighted by molar-refractivity contribution is 5.94. The highest BCUT2D eigenvalue weighted by Crippen LogP contribution is 2.59. The summed E-state index contributed by atoms with van der Waals surface area (Å²) in [6, 6.07) is 19.2. The van der Waals surface area contributed by atoms with E-state index in [1.807, 2.05) is 0 Å². The van der Waals surface area contributed by atoms with Crippen molar-refractivity contribution < 1.29 is 0 Å². The van der Waals surface area contributed by atoms with Gasteiger partial charge in [-0.2, -0.15) is 0 Å². The largest absolute Gasteiger partial charge is 0.320 e. The van der Waals surface area contributed by atoms with E-state index in [1.54, 1.807) is 11.1 Å². The Morgan fingerprint density at radius 3 is 1.68 bits per heavy atom. The van der Waals surface area contributed by atoms with Gasteiger partial charge in [0.25, 0.3) is 0 Å². The van der Waals surface area contributed by atoms with Gasteiger partial charge >= 0.3 is 0 Å². The van der Waals surface area contributed by atoms with Crippen molar-refractivity contribution in [2.75, 3.05) is 16.5 Å². The average molecular weight is 507 g/mol. The van der Waals surface area contributed by atoms with E-state index in [1.165, 1.54) is 57.8 Å². The van der Waals surface area contributed by atoms with E-state index in [4.69, 9.17) is 0 Å². The first-order valence-electron chi connectivity index (χ1n) is 14.8. The first-order chi connectivity index (χ1) is 17.8. The summed E-state index contributed by atoms with van der Waals surface area (Å²) in [4.78, 5) is 5.27. The molecule has 2 heterocycles. The van der Waals surface area contributed by atoms with Crippen molar-refractivity contribution in [2.24, 2.45) is 0 Å². The van der Waals surface area contributed by atoms with Crippen molar-refractivity contribution in [3.8, 4) is 0 Å². The molecule has 200 valence electrons. The van der Waals surface area contributed by atoms with Crippen LogP contribution in [0.25, 0.3) is 0 Å². The van der Waals surface area contributed by atoms with Crippen LogP contribution < -0.4 is 9.80 Å². The molecule has 0 fully saturated rings. The van der Waals surface area contributed by atoms with Gasteiger partial charge in [-0.1, -0.05) is 106 Å². The smallest absolute Gasteiger partial charge is 0.100 e. The van der Waals surface area contributed by atoms with E-state index in [9.17, 15) is 0 Å². The third-order valence-electron chi connectivity index (χ3n) is 10.1. The van der Waals surface area contributed by atoms with Crippen LogP contribution in [-0.2, 0) is 16.2 Å². The molecule has 0 saturated heterocycles. The molecule has 2 aliphatic heterocycles. The maximum Gasteiger partial charge on any atom is 0.100 e. The monoisotopic (exact) mass is 506 g/mol. The molecule has 6 rings (SSSR count). The van der Waals surface area contributed by atoms with Crippen LogP contribution in [0.3, 0.4) is 0 Å². The summed E-state index contributed by atoms with van der Waals surface area (Å²) in [6.07, 6.45) is 2.48. The summed E-state index contributed by atoms with van der Waals surface area (Å²) in [5.41, 5.74) is 14.9. The van der Waals surface area contributed by atoms with Gasteiger partial charge < -0.3 is 9.80 Å². The number of anilines is 4. The fraction of sp³-hybridized carbons (Fsp3) is 0.500. The van der Waals surface area contributed by atoms with Gasteiger partial charge in [0.1, 0.15) is 6.67 Å². The first kappa shape index (κ1) is 25.5. The van der Waals surface area contributed by atoms with Crippen molar-refractivity contribution in [1.29, 1.82) is 0 Å².